The molecule has 7 nitrogen and oxygen atoms in total. The van der Waals surface area contributed by atoms with Gasteiger partial charge in [-0.25, -0.2) is 13.9 Å². The fraction of sp³-hybridized carbons (Fsp3) is 0.346. The number of carbonyl (C=O) groups excluding carboxylic acids is 2. The lowest BCUT2D eigenvalue weighted by Gasteiger charge is -2.36. The second-order valence-electron chi connectivity index (χ2n) is 8.79. The van der Waals surface area contributed by atoms with Crippen molar-refractivity contribution in [2.75, 3.05) is 37.7 Å². The highest BCUT2D eigenvalue weighted by atomic mass is 35.5. The molecule has 2 aromatic carbocycles. The van der Waals surface area contributed by atoms with E-state index in [2.05, 4.69) is 10.00 Å². The van der Waals surface area contributed by atoms with E-state index in [1.54, 1.807) is 21.7 Å². The summed E-state index contributed by atoms with van der Waals surface area (Å²) in [6.45, 7) is 2.11. The van der Waals surface area contributed by atoms with E-state index in [0.717, 1.165) is 42.6 Å². The number of ether oxygens (including phenoxy) is 1. The second kappa shape index (κ2) is 10.1. The van der Waals surface area contributed by atoms with Gasteiger partial charge in [-0.05, 0) is 68.1 Å². The van der Waals surface area contributed by atoms with Gasteiger partial charge in [0.1, 0.15) is 5.82 Å². The summed E-state index contributed by atoms with van der Waals surface area (Å²) < 4.78 is 20.5. The lowest BCUT2D eigenvalue weighted by molar-refractivity contribution is -0.134. The first-order chi connectivity index (χ1) is 17.0. The van der Waals surface area contributed by atoms with Crippen LogP contribution in [-0.4, -0.2) is 59.3 Å². The van der Waals surface area contributed by atoms with E-state index in [0.29, 0.717) is 36.9 Å². The van der Waals surface area contributed by atoms with Gasteiger partial charge in [0.25, 0.3) is 5.91 Å². The second-order valence-corrected chi connectivity index (χ2v) is 9.23. The molecule has 1 aliphatic carbocycles. The monoisotopic (exact) mass is 496 g/mol. The van der Waals surface area contributed by atoms with Gasteiger partial charge < -0.3 is 14.5 Å². The Balaban J connectivity index is 1.22. The number of carbonyl (C=O) groups is 2. The van der Waals surface area contributed by atoms with Gasteiger partial charge >= 0.3 is 5.97 Å². The Bertz CT molecular complexity index is 1240. The van der Waals surface area contributed by atoms with Crippen LogP contribution in [-0.2, 0) is 22.4 Å². The molecule has 0 unspecified atom stereocenters. The van der Waals surface area contributed by atoms with Crippen molar-refractivity contribution in [3.05, 3.63) is 76.3 Å². The van der Waals surface area contributed by atoms with E-state index in [9.17, 15) is 14.0 Å². The van der Waals surface area contributed by atoms with Crippen LogP contribution >= 0.6 is 11.6 Å². The fourth-order valence-corrected chi connectivity index (χ4v) is 4.92. The maximum absolute atomic E-state index is 13.4. The predicted octanol–water partition coefficient (Wildman–Crippen LogP) is 4.05. The van der Waals surface area contributed by atoms with E-state index in [-0.39, 0.29) is 24.0 Å². The molecule has 0 N–H and O–H groups in total. The number of fused-ring (bicyclic) bond motifs is 1. The lowest BCUT2D eigenvalue weighted by atomic mass is 9.95. The lowest BCUT2D eigenvalue weighted by Crippen LogP contribution is -2.49. The molecule has 3 aromatic rings. The van der Waals surface area contributed by atoms with Crippen molar-refractivity contribution in [2.24, 2.45) is 0 Å². The number of halogens is 2. The molecule has 2 aliphatic rings. The average molecular weight is 497 g/mol. The maximum Gasteiger partial charge on any atom is 0.359 e. The minimum Gasteiger partial charge on any atom is -0.451 e. The van der Waals surface area contributed by atoms with Gasteiger partial charge in [0.05, 0.1) is 5.69 Å². The zero-order valence-electron chi connectivity index (χ0n) is 19.3. The van der Waals surface area contributed by atoms with Crippen LogP contribution in [0.1, 0.15) is 34.6 Å². The van der Waals surface area contributed by atoms with Crippen LogP contribution < -0.4 is 4.90 Å². The quantitative estimate of drug-likeness (QED) is 0.498. The first-order valence-corrected chi connectivity index (χ1v) is 12.2. The molecule has 1 fully saturated rings. The zero-order chi connectivity index (χ0) is 24.4. The number of amides is 1. The zero-order valence-corrected chi connectivity index (χ0v) is 20.0. The Morgan fingerprint density at radius 1 is 0.971 bits per heavy atom. The highest BCUT2D eigenvalue weighted by Gasteiger charge is 2.28. The molecule has 0 spiro atoms. The van der Waals surface area contributed by atoms with Crippen molar-refractivity contribution < 1.29 is 18.7 Å². The summed E-state index contributed by atoms with van der Waals surface area (Å²) in [4.78, 5) is 29.5. The van der Waals surface area contributed by atoms with Crippen LogP contribution in [0.2, 0.25) is 5.02 Å². The van der Waals surface area contributed by atoms with Crippen LogP contribution in [0.5, 0.6) is 0 Å². The van der Waals surface area contributed by atoms with Gasteiger partial charge in [0, 0.05) is 48.1 Å². The average Bonchev–Trinajstić information content (AvgIpc) is 3.27. The van der Waals surface area contributed by atoms with E-state index in [4.69, 9.17) is 16.3 Å². The molecule has 182 valence electrons. The minimum atomic E-state index is -0.602. The Hall–Kier alpha value is -3.39. The van der Waals surface area contributed by atoms with E-state index in [1.165, 1.54) is 12.1 Å². The first-order valence-electron chi connectivity index (χ1n) is 11.8. The van der Waals surface area contributed by atoms with Crippen molar-refractivity contribution in [3.63, 3.8) is 0 Å². The molecule has 1 aromatic heterocycles. The largest absolute Gasteiger partial charge is 0.451 e. The Morgan fingerprint density at radius 2 is 1.71 bits per heavy atom. The van der Waals surface area contributed by atoms with Gasteiger partial charge in [-0.2, -0.15) is 5.10 Å². The summed E-state index contributed by atoms with van der Waals surface area (Å²) in [6.07, 6.45) is 3.45. The van der Waals surface area contributed by atoms with Gasteiger partial charge in [-0.15, -0.1) is 0 Å². The molecule has 0 saturated carbocycles. The number of piperazine rings is 1. The number of esters is 1. The summed E-state index contributed by atoms with van der Waals surface area (Å²) in [5, 5.41) is 5.19. The number of hydrogen-bond acceptors (Lipinski definition) is 5. The van der Waals surface area contributed by atoms with E-state index in [1.807, 2.05) is 24.3 Å². The number of benzene rings is 2. The molecular formula is C26H26ClFN4O3. The molecule has 0 radical (unpaired) electrons. The molecule has 1 saturated heterocycles. The third kappa shape index (κ3) is 5.03. The molecule has 1 aliphatic heterocycles. The Labute approximate surface area is 208 Å². The summed E-state index contributed by atoms with van der Waals surface area (Å²) in [5.74, 6) is -1.16. The molecular weight excluding hydrogens is 471 g/mol. The molecule has 9 heteroatoms. The maximum atomic E-state index is 13.4. The number of rotatable bonds is 5. The van der Waals surface area contributed by atoms with Crippen LogP contribution in [0, 0.1) is 5.82 Å². The van der Waals surface area contributed by atoms with E-state index >= 15 is 0 Å². The summed E-state index contributed by atoms with van der Waals surface area (Å²) in [7, 11) is 0. The first kappa shape index (κ1) is 23.4. The molecule has 35 heavy (non-hydrogen) atoms. The van der Waals surface area contributed by atoms with Gasteiger partial charge in [0.2, 0.25) is 0 Å². The van der Waals surface area contributed by atoms with Crippen LogP contribution in [0.3, 0.4) is 0 Å². The van der Waals surface area contributed by atoms with Crippen LogP contribution in [0.25, 0.3) is 5.69 Å². The number of hydrogen-bond donors (Lipinski definition) is 0. The molecule has 0 atom stereocenters. The summed E-state index contributed by atoms with van der Waals surface area (Å²) >= 11 is 6.09. The van der Waals surface area contributed by atoms with Crippen molar-refractivity contribution >= 4 is 29.2 Å². The van der Waals surface area contributed by atoms with Crippen LogP contribution in [0.4, 0.5) is 10.1 Å². The van der Waals surface area contributed by atoms with Crippen molar-refractivity contribution in [3.8, 4) is 5.69 Å². The van der Waals surface area contributed by atoms with E-state index < -0.39 is 5.97 Å². The smallest absolute Gasteiger partial charge is 0.359 e. The van der Waals surface area contributed by atoms with Crippen molar-refractivity contribution in [1.82, 2.24) is 14.7 Å². The highest BCUT2D eigenvalue weighted by molar-refractivity contribution is 6.30. The summed E-state index contributed by atoms with van der Waals surface area (Å²) in [6, 6.07) is 13.7. The van der Waals surface area contributed by atoms with Gasteiger partial charge in [0.15, 0.2) is 12.3 Å². The van der Waals surface area contributed by atoms with Gasteiger partial charge in [-0.1, -0.05) is 17.7 Å². The Morgan fingerprint density at radius 3 is 2.46 bits per heavy atom. The minimum absolute atomic E-state index is 0.226. The Kier molecular flexibility index (Phi) is 6.72. The third-order valence-corrected chi connectivity index (χ3v) is 6.81. The SMILES string of the molecule is O=C(OCC(=O)N1CCN(c2cccc(Cl)c2)CC1)c1nn(-c2ccc(F)cc2)c2c1CCCC2. The number of aromatic nitrogens is 2. The molecule has 0 bridgehead atoms. The third-order valence-electron chi connectivity index (χ3n) is 6.58. The predicted molar refractivity (Wildman–Crippen MR) is 131 cm³/mol. The molecule has 2 heterocycles. The van der Waals surface area contributed by atoms with Crippen molar-refractivity contribution in [1.29, 1.82) is 0 Å². The highest BCUT2D eigenvalue weighted by Crippen LogP contribution is 2.28. The van der Waals surface area contributed by atoms with Crippen molar-refractivity contribution in [2.45, 2.75) is 25.7 Å². The van der Waals surface area contributed by atoms with Gasteiger partial charge in [-0.3, -0.25) is 4.79 Å². The summed E-state index contributed by atoms with van der Waals surface area (Å²) in [5.41, 5.74) is 3.75. The van der Waals surface area contributed by atoms with Crippen LogP contribution in [0.15, 0.2) is 48.5 Å². The number of anilines is 1. The molecule has 5 rings (SSSR count). The normalized spacial score (nSPS) is 15.6. The standard InChI is InChI=1S/C26H26ClFN4O3/c27-18-4-3-5-21(16-18)30-12-14-31(15-13-30)24(33)17-35-26(34)25-22-6-1-2-7-23(22)32(29-25)20-10-8-19(28)9-11-20/h3-5,8-11,16H,1-2,6-7,12-15,17H2. The number of nitrogens with zero attached hydrogens (tertiary/aromatic N) is 4. The fourth-order valence-electron chi connectivity index (χ4n) is 4.73. The topological polar surface area (TPSA) is 67.7 Å². The molecule has 1 amide bonds.